The summed E-state index contributed by atoms with van der Waals surface area (Å²) in [5, 5.41) is 6.57. The Bertz CT molecular complexity index is 1310. The van der Waals surface area contributed by atoms with Crippen molar-refractivity contribution in [1.82, 2.24) is 16.0 Å². The number of primary amides is 2. The van der Waals surface area contributed by atoms with Gasteiger partial charge < -0.3 is 48.4 Å². The van der Waals surface area contributed by atoms with E-state index >= 15 is 0 Å². The Labute approximate surface area is 266 Å². The first-order chi connectivity index (χ1) is 21.7. The highest BCUT2D eigenvalue weighted by Gasteiger charge is 2.34. The van der Waals surface area contributed by atoms with Gasteiger partial charge in [-0.2, -0.15) is 0 Å². The Morgan fingerprint density at radius 2 is 1.23 bits per heavy atom. The number of rotatable bonds is 17. The largest absolute Gasteiger partial charge is 0.450 e. The van der Waals surface area contributed by atoms with Crippen molar-refractivity contribution >= 4 is 35.9 Å². The standard InChI is InChI=1S/C27H39F5N8O7/c1-27(2,3)47-26(45)40-14(8-6-9-37-24(34)35)22(42)39-15(11-12-16(28)18(30)20(32)19(31)17(12)29)23(43)38-13(21(33)41)7-4-5-10-46-25(36)44/h13-15H,4-11H2,1-3H3,(H2,33,41)(H2,36,44)(H,38,43)(H,39,42)(H,40,45)(H4,34,35,37). The molecule has 11 N–H and O–H groups in total. The van der Waals surface area contributed by atoms with Crippen LogP contribution in [0.3, 0.4) is 0 Å². The van der Waals surface area contributed by atoms with Crippen molar-refractivity contribution in [2.45, 2.75) is 83.0 Å². The molecule has 0 saturated carbocycles. The number of nitrogens with one attached hydrogen (secondary N) is 3. The number of nitrogens with zero attached hydrogens (tertiary/aromatic N) is 1. The topological polar surface area (TPSA) is 256 Å². The van der Waals surface area contributed by atoms with E-state index in [1.807, 2.05) is 0 Å². The second kappa shape index (κ2) is 18.3. The van der Waals surface area contributed by atoms with E-state index in [0.717, 1.165) is 0 Å². The molecule has 0 spiro atoms. The number of nitrogens with two attached hydrogens (primary N) is 4. The SMILES string of the molecule is CC(C)(C)OC(=O)NC(CCCN=C(N)N)C(=O)NC(Cc1c(F)c(F)c(F)c(F)c1F)C(=O)NC(CCCCOC(N)=O)C(N)=O. The molecule has 0 aliphatic carbocycles. The molecule has 3 atom stereocenters. The lowest BCUT2D eigenvalue weighted by molar-refractivity contribution is -0.132. The van der Waals surface area contributed by atoms with E-state index in [0.29, 0.717) is 0 Å². The Morgan fingerprint density at radius 3 is 1.74 bits per heavy atom. The van der Waals surface area contributed by atoms with Crippen molar-refractivity contribution < 1.29 is 55.4 Å². The van der Waals surface area contributed by atoms with Gasteiger partial charge in [-0.15, -0.1) is 0 Å². The van der Waals surface area contributed by atoms with E-state index in [1.54, 1.807) is 0 Å². The molecule has 20 heteroatoms. The van der Waals surface area contributed by atoms with Crippen molar-refractivity contribution in [2.24, 2.45) is 27.9 Å². The number of hydrogen-bond donors (Lipinski definition) is 7. The van der Waals surface area contributed by atoms with Gasteiger partial charge in [0.15, 0.2) is 29.2 Å². The number of carbonyl (C=O) groups is 5. The maximum atomic E-state index is 14.6. The summed E-state index contributed by atoms with van der Waals surface area (Å²) < 4.78 is 80.6. The average Bonchev–Trinajstić information content (AvgIpc) is 2.95. The zero-order chi connectivity index (χ0) is 36.1. The van der Waals surface area contributed by atoms with Crippen molar-refractivity contribution in [3.63, 3.8) is 0 Å². The number of carbonyl (C=O) groups excluding carboxylic acids is 5. The number of hydrogen-bond acceptors (Lipinski definition) is 8. The van der Waals surface area contributed by atoms with Gasteiger partial charge in [-0.05, 0) is 52.9 Å². The van der Waals surface area contributed by atoms with Crippen molar-refractivity contribution in [2.75, 3.05) is 13.2 Å². The third-order valence-electron chi connectivity index (χ3n) is 6.09. The molecule has 0 aromatic heterocycles. The molecule has 0 fully saturated rings. The lowest BCUT2D eigenvalue weighted by Crippen LogP contribution is -2.57. The van der Waals surface area contributed by atoms with Gasteiger partial charge in [0.05, 0.1) is 6.61 Å². The summed E-state index contributed by atoms with van der Waals surface area (Å²) in [7, 11) is 0. The van der Waals surface area contributed by atoms with Gasteiger partial charge in [0.2, 0.25) is 23.5 Å². The third kappa shape index (κ3) is 13.9. The minimum Gasteiger partial charge on any atom is -0.450 e. The molecule has 3 unspecified atom stereocenters. The number of benzene rings is 1. The average molecular weight is 683 g/mol. The number of aliphatic imine (C=N–C) groups is 1. The maximum absolute atomic E-state index is 14.6. The van der Waals surface area contributed by atoms with Gasteiger partial charge in [-0.3, -0.25) is 19.4 Å². The summed E-state index contributed by atoms with van der Waals surface area (Å²) in [4.78, 5) is 65.7. The predicted molar refractivity (Wildman–Crippen MR) is 155 cm³/mol. The lowest BCUT2D eigenvalue weighted by Gasteiger charge is -2.26. The van der Waals surface area contributed by atoms with Crippen LogP contribution in [-0.4, -0.2) is 72.7 Å². The Morgan fingerprint density at radius 1 is 0.723 bits per heavy atom. The molecule has 1 aromatic rings. The lowest BCUT2D eigenvalue weighted by atomic mass is 10.0. The molecule has 0 radical (unpaired) electrons. The number of guanidine groups is 1. The highest BCUT2D eigenvalue weighted by molar-refractivity contribution is 5.93. The molecule has 15 nitrogen and oxygen atoms in total. The quantitative estimate of drug-likeness (QED) is 0.0303. The Hall–Kier alpha value is -4.91. The second-order valence-electron chi connectivity index (χ2n) is 11.1. The summed E-state index contributed by atoms with van der Waals surface area (Å²) in [6, 6.07) is -5.04. The summed E-state index contributed by atoms with van der Waals surface area (Å²) in [5.74, 6) is -15.4. The molecule has 0 heterocycles. The fourth-order valence-corrected chi connectivity index (χ4v) is 3.92. The molecule has 0 aliphatic rings. The van der Waals surface area contributed by atoms with Crippen LogP contribution in [-0.2, 0) is 30.3 Å². The van der Waals surface area contributed by atoms with E-state index < -0.39 is 94.7 Å². The van der Waals surface area contributed by atoms with Gasteiger partial charge in [0, 0.05) is 18.5 Å². The van der Waals surface area contributed by atoms with E-state index in [2.05, 4.69) is 25.7 Å². The van der Waals surface area contributed by atoms with Crippen LogP contribution in [0.25, 0.3) is 0 Å². The van der Waals surface area contributed by atoms with Gasteiger partial charge in [0.25, 0.3) is 0 Å². The zero-order valence-electron chi connectivity index (χ0n) is 25.9. The van der Waals surface area contributed by atoms with E-state index in [1.165, 1.54) is 20.8 Å². The van der Waals surface area contributed by atoms with Crippen LogP contribution in [0, 0.1) is 29.1 Å². The molecule has 47 heavy (non-hydrogen) atoms. The molecule has 5 amide bonds. The molecule has 0 bridgehead atoms. The van der Waals surface area contributed by atoms with Crippen LogP contribution in [0.4, 0.5) is 31.5 Å². The summed E-state index contributed by atoms with van der Waals surface area (Å²) in [6.45, 7) is 4.45. The van der Waals surface area contributed by atoms with Gasteiger partial charge in [-0.1, -0.05) is 0 Å². The molecular weight excluding hydrogens is 643 g/mol. The van der Waals surface area contributed by atoms with E-state index in [-0.39, 0.29) is 51.2 Å². The zero-order valence-corrected chi connectivity index (χ0v) is 25.9. The van der Waals surface area contributed by atoms with E-state index in [9.17, 15) is 45.9 Å². The van der Waals surface area contributed by atoms with Crippen LogP contribution < -0.4 is 38.9 Å². The summed E-state index contributed by atoms with van der Waals surface area (Å²) in [5.41, 5.74) is 18.3. The predicted octanol–water partition coefficient (Wildman–Crippen LogP) is 0.592. The fourth-order valence-electron chi connectivity index (χ4n) is 3.92. The summed E-state index contributed by atoms with van der Waals surface area (Å²) >= 11 is 0. The number of halogens is 5. The number of amides is 5. The smallest absolute Gasteiger partial charge is 0.408 e. The highest BCUT2D eigenvalue weighted by atomic mass is 19.2. The van der Waals surface area contributed by atoms with Gasteiger partial charge in [-0.25, -0.2) is 31.5 Å². The second-order valence-corrected chi connectivity index (χ2v) is 11.1. The Kier molecular flexibility index (Phi) is 15.6. The monoisotopic (exact) mass is 682 g/mol. The van der Waals surface area contributed by atoms with Crippen LogP contribution in [0.5, 0.6) is 0 Å². The fraction of sp³-hybridized carbons (Fsp3) is 0.556. The van der Waals surface area contributed by atoms with Crippen molar-refractivity contribution in [3.05, 3.63) is 34.6 Å². The van der Waals surface area contributed by atoms with Crippen molar-refractivity contribution in [1.29, 1.82) is 0 Å². The molecule has 1 aromatic carbocycles. The van der Waals surface area contributed by atoms with Crippen molar-refractivity contribution in [3.8, 4) is 0 Å². The van der Waals surface area contributed by atoms with E-state index in [4.69, 9.17) is 27.7 Å². The molecule has 264 valence electrons. The van der Waals surface area contributed by atoms with Crippen LogP contribution >= 0.6 is 0 Å². The van der Waals surface area contributed by atoms with Gasteiger partial charge in [0.1, 0.15) is 23.7 Å². The number of alkyl carbamates (subject to hydrolysis) is 1. The Balaban J connectivity index is 3.41. The normalized spacial score (nSPS) is 13.0. The first kappa shape index (κ1) is 40.1. The molecule has 1 rings (SSSR count). The first-order valence-corrected chi connectivity index (χ1v) is 14.1. The summed E-state index contributed by atoms with van der Waals surface area (Å²) in [6.07, 6.45) is -3.38. The van der Waals surface area contributed by atoms with Gasteiger partial charge >= 0.3 is 12.2 Å². The first-order valence-electron chi connectivity index (χ1n) is 14.1. The van der Waals surface area contributed by atoms with Crippen LogP contribution in [0.15, 0.2) is 4.99 Å². The highest BCUT2D eigenvalue weighted by Crippen LogP contribution is 2.24. The number of unbranched alkanes of at least 4 members (excludes halogenated alkanes) is 1. The van der Waals surface area contributed by atoms with Crippen LogP contribution in [0.1, 0.15) is 58.4 Å². The molecular formula is C27H39F5N8O7. The molecule has 0 aliphatic heterocycles. The number of ether oxygens (including phenoxy) is 2. The minimum absolute atomic E-state index is 0.0125. The third-order valence-corrected chi connectivity index (χ3v) is 6.09. The maximum Gasteiger partial charge on any atom is 0.408 e. The molecule has 0 saturated heterocycles. The minimum atomic E-state index is -2.45. The van der Waals surface area contributed by atoms with Crippen LogP contribution in [0.2, 0.25) is 0 Å².